The zero-order valence-corrected chi connectivity index (χ0v) is 41.2. The van der Waals surface area contributed by atoms with Gasteiger partial charge in [0.05, 0.1) is 6.42 Å². The lowest BCUT2D eigenvalue weighted by Crippen LogP contribution is -2.51. The van der Waals surface area contributed by atoms with E-state index in [-0.39, 0.29) is 48.3 Å². The zero-order chi connectivity index (χ0) is 45.5. The van der Waals surface area contributed by atoms with E-state index in [0.29, 0.717) is 37.3 Å². The van der Waals surface area contributed by atoms with E-state index in [4.69, 9.17) is 14.2 Å². The molecule has 4 aliphatic rings. The average Bonchev–Trinajstić information content (AvgIpc) is 3.49. The van der Waals surface area contributed by atoms with Gasteiger partial charge in [0.15, 0.2) is 0 Å². The number of esters is 1. The highest BCUT2D eigenvalue weighted by Crippen LogP contribution is 2.67. The summed E-state index contributed by atoms with van der Waals surface area (Å²) in [4.78, 5) is 53.5. The van der Waals surface area contributed by atoms with Crippen LogP contribution in [-0.4, -0.2) is 71.4 Å². The lowest BCUT2D eigenvalue weighted by molar-refractivity contribution is -0.153. The van der Waals surface area contributed by atoms with Gasteiger partial charge < -0.3 is 29.7 Å². The first kappa shape index (κ1) is 50.9. The molecule has 3 saturated carbocycles. The Morgan fingerprint density at radius 1 is 0.770 bits per heavy atom. The molecule has 0 bridgehead atoms. The van der Waals surface area contributed by atoms with Crippen LogP contribution in [0.15, 0.2) is 11.6 Å². The fourth-order valence-corrected chi connectivity index (χ4v) is 12.2. The Bertz CT molecular complexity index is 1470. The standard InChI is InChI=1S/C51H89N3O7/c1-15-37(33(2)3)17-16-34(4)41-20-21-42-40-19-18-38-32-39(24-28-50(38,13)43(40)25-29-51(41,42)14)59-45(56)23-22-44(55)54(30-26-35(5)52-46(57)60-48(7,8)9)31-27-36(6)53-47(58)61-49(10,11)12/h18,33-37,39-43H,15-17,19-32H2,1-14H3,(H,52,57)(H,53,58)/t34-,35?,36?,37-,39+,40+,41-,42+,43?,50+,51-/m1/s1. The van der Waals surface area contributed by atoms with Crippen LogP contribution in [0, 0.1) is 52.3 Å². The highest BCUT2D eigenvalue weighted by Gasteiger charge is 2.59. The molecule has 11 atom stereocenters. The van der Waals surface area contributed by atoms with Crippen LogP contribution in [0.2, 0.25) is 0 Å². The van der Waals surface area contributed by atoms with Gasteiger partial charge in [-0.1, -0.05) is 66.0 Å². The summed E-state index contributed by atoms with van der Waals surface area (Å²) in [6.07, 6.45) is 15.8. The number of nitrogens with zero attached hydrogens (tertiary/aromatic N) is 1. The van der Waals surface area contributed by atoms with E-state index >= 15 is 0 Å². The maximum atomic E-state index is 13.7. The molecule has 3 unspecified atom stereocenters. The quantitative estimate of drug-likeness (QED) is 0.0799. The number of alkyl carbamates (subject to hydrolysis) is 2. The molecule has 10 nitrogen and oxygen atoms in total. The van der Waals surface area contributed by atoms with Crippen molar-refractivity contribution >= 4 is 24.1 Å². The summed E-state index contributed by atoms with van der Waals surface area (Å²) in [7, 11) is 0. The number of allylic oxidation sites excluding steroid dienone is 1. The molecule has 3 amide bonds. The maximum Gasteiger partial charge on any atom is 0.407 e. The second kappa shape index (κ2) is 21.3. The second-order valence-corrected chi connectivity index (χ2v) is 22.9. The van der Waals surface area contributed by atoms with Gasteiger partial charge in [0, 0.05) is 38.0 Å². The fourth-order valence-electron chi connectivity index (χ4n) is 12.2. The summed E-state index contributed by atoms with van der Waals surface area (Å²) in [6, 6.07) is -0.493. The Balaban J connectivity index is 1.31. The van der Waals surface area contributed by atoms with Crippen LogP contribution < -0.4 is 10.6 Å². The summed E-state index contributed by atoms with van der Waals surface area (Å²) in [5.41, 5.74) is 0.880. The zero-order valence-electron chi connectivity index (χ0n) is 41.2. The number of hydrogen-bond acceptors (Lipinski definition) is 7. The van der Waals surface area contributed by atoms with E-state index < -0.39 is 23.4 Å². The van der Waals surface area contributed by atoms with Gasteiger partial charge in [0.25, 0.3) is 0 Å². The van der Waals surface area contributed by atoms with Crippen LogP contribution in [0.4, 0.5) is 9.59 Å². The van der Waals surface area contributed by atoms with Gasteiger partial charge in [-0.2, -0.15) is 0 Å². The molecule has 3 fully saturated rings. The predicted molar refractivity (Wildman–Crippen MR) is 245 cm³/mol. The van der Waals surface area contributed by atoms with Crippen molar-refractivity contribution in [3.8, 4) is 0 Å². The van der Waals surface area contributed by atoms with Crippen molar-refractivity contribution < 1.29 is 33.4 Å². The molecule has 2 N–H and O–H groups in total. The minimum atomic E-state index is -0.618. The Kier molecular flexibility index (Phi) is 17.7. The largest absolute Gasteiger partial charge is 0.462 e. The van der Waals surface area contributed by atoms with Gasteiger partial charge in [0.2, 0.25) is 5.91 Å². The van der Waals surface area contributed by atoms with Crippen molar-refractivity contribution in [2.75, 3.05) is 13.1 Å². The minimum absolute atomic E-state index is 0.0146. The smallest absolute Gasteiger partial charge is 0.407 e. The number of carbonyl (C=O) groups excluding carboxylic acids is 4. The first-order chi connectivity index (χ1) is 28.3. The first-order valence-corrected chi connectivity index (χ1v) is 24.5. The van der Waals surface area contributed by atoms with Gasteiger partial charge in [0.1, 0.15) is 17.3 Å². The van der Waals surface area contributed by atoms with Gasteiger partial charge >= 0.3 is 18.2 Å². The molecule has 0 radical (unpaired) electrons. The molecule has 0 aromatic heterocycles. The molecular formula is C51H89N3O7. The molecule has 61 heavy (non-hydrogen) atoms. The van der Waals surface area contributed by atoms with E-state index in [1.54, 1.807) is 4.90 Å². The van der Waals surface area contributed by atoms with E-state index in [1.807, 2.05) is 55.4 Å². The molecular weight excluding hydrogens is 767 g/mol. The van der Waals surface area contributed by atoms with Crippen molar-refractivity contribution in [3.05, 3.63) is 11.6 Å². The van der Waals surface area contributed by atoms with E-state index in [9.17, 15) is 19.2 Å². The number of nitrogens with one attached hydrogen (secondary N) is 2. The molecule has 4 aliphatic carbocycles. The van der Waals surface area contributed by atoms with Crippen molar-refractivity contribution in [2.45, 2.75) is 223 Å². The highest BCUT2D eigenvalue weighted by molar-refractivity contribution is 5.81. The third-order valence-electron chi connectivity index (χ3n) is 15.7. The molecule has 0 saturated heterocycles. The lowest BCUT2D eigenvalue weighted by atomic mass is 9.47. The van der Waals surface area contributed by atoms with E-state index in [1.165, 1.54) is 50.5 Å². The van der Waals surface area contributed by atoms with Gasteiger partial charge in [-0.15, -0.1) is 0 Å². The molecule has 10 heteroatoms. The minimum Gasteiger partial charge on any atom is -0.462 e. The summed E-state index contributed by atoms with van der Waals surface area (Å²) in [5.74, 6) is 5.03. The second-order valence-electron chi connectivity index (χ2n) is 22.9. The summed E-state index contributed by atoms with van der Waals surface area (Å²) < 4.78 is 17.0. The Labute approximate surface area is 371 Å². The normalized spacial score (nSPS) is 29.4. The maximum absolute atomic E-state index is 13.7. The molecule has 4 rings (SSSR count). The molecule has 0 aromatic carbocycles. The predicted octanol–water partition coefficient (Wildman–Crippen LogP) is 11.8. The van der Waals surface area contributed by atoms with Gasteiger partial charge in [-0.05, 0) is 172 Å². The molecule has 350 valence electrons. The Hall–Kier alpha value is -2.78. The van der Waals surface area contributed by atoms with Crippen LogP contribution in [0.1, 0.15) is 193 Å². The molecule has 0 spiro atoms. The SMILES string of the molecule is CC[C@H](CC[C@@H](C)[C@H]1CC[C@H]2[C@@H]3CC=C4C[C@@H](OC(=O)CCC(=O)N(CCC(C)NC(=O)OC(C)(C)C)CCC(C)NC(=O)OC(C)(C)C)CC[C@]4(C)C3CC[C@]12C)C(C)C. The van der Waals surface area contributed by atoms with Gasteiger partial charge in [-0.3, -0.25) is 9.59 Å². The van der Waals surface area contributed by atoms with Crippen LogP contribution >= 0.6 is 0 Å². The number of rotatable bonds is 18. The average molecular weight is 856 g/mol. The third-order valence-corrected chi connectivity index (χ3v) is 15.7. The van der Waals surface area contributed by atoms with Crippen LogP contribution in [0.5, 0.6) is 0 Å². The molecule has 0 aromatic rings. The lowest BCUT2D eigenvalue weighted by Gasteiger charge is -2.58. The summed E-state index contributed by atoms with van der Waals surface area (Å²) in [5, 5.41) is 5.71. The number of fused-ring (bicyclic) bond motifs is 5. The van der Waals surface area contributed by atoms with E-state index in [0.717, 1.165) is 61.2 Å². The molecule has 0 heterocycles. The summed E-state index contributed by atoms with van der Waals surface area (Å²) in [6.45, 7) is 30.3. The Morgan fingerprint density at radius 2 is 1.36 bits per heavy atom. The Morgan fingerprint density at radius 3 is 1.90 bits per heavy atom. The number of amides is 3. The van der Waals surface area contributed by atoms with Crippen molar-refractivity contribution in [1.82, 2.24) is 15.5 Å². The monoisotopic (exact) mass is 856 g/mol. The topological polar surface area (TPSA) is 123 Å². The number of carbonyl (C=O) groups is 4. The summed E-state index contributed by atoms with van der Waals surface area (Å²) >= 11 is 0. The van der Waals surface area contributed by atoms with Crippen molar-refractivity contribution in [3.63, 3.8) is 0 Å². The first-order valence-electron chi connectivity index (χ1n) is 24.5. The third kappa shape index (κ3) is 14.1. The van der Waals surface area contributed by atoms with Crippen molar-refractivity contribution in [1.29, 1.82) is 0 Å². The highest BCUT2D eigenvalue weighted by atomic mass is 16.6. The number of ether oxygens (including phenoxy) is 3. The van der Waals surface area contributed by atoms with Crippen LogP contribution in [0.3, 0.4) is 0 Å². The van der Waals surface area contributed by atoms with E-state index in [2.05, 4.69) is 58.3 Å². The van der Waals surface area contributed by atoms with Crippen LogP contribution in [0.25, 0.3) is 0 Å². The van der Waals surface area contributed by atoms with Crippen LogP contribution in [-0.2, 0) is 23.8 Å². The molecule has 0 aliphatic heterocycles. The number of hydrogen-bond donors (Lipinski definition) is 2. The van der Waals surface area contributed by atoms with Gasteiger partial charge in [-0.25, -0.2) is 9.59 Å². The fraction of sp³-hybridized carbons (Fsp3) is 0.882. The van der Waals surface area contributed by atoms with Crippen molar-refractivity contribution in [2.24, 2.45) is 52.3 Å².